The molecule has 8 rings (SSSR count). The second-order valence-electron chi connectivity index (χ2n) is 16.1. The van der Waals surface area contributed by atoms with Crippen LogP contribution in [0.4, 0.5) is 4.79 Å². The van der Waals surface area contributed by atoms with E-state index in [0.717, 1.165) is 122 Å². The Morgan fingerprint density at radius 1 is 0.712 bits per heavy atom. The zero-order valence-corrected chi connectivity index (χ0v) is 34.4. The molecule has 3 aromatic carbocycles. The number of nitrogens with one attached hydrogen (secondary N) is 3. The van der Waals surface area contributed by atoms with Crippen LogP contribution in [0, 0.1) is 5.92 Å². The van der Waals surface area contributed by atoms with E-state index in [1.807, 2.05) is 40.4 Å². The van der Waals surface area contributed by atoms with E-state index >= 15 is 0 Å². The lowest BCUT2D eigenvalue weighted by molar-refractivity contribution is -0.139. The Hall–Kier alpha value is -5.75. The minimum atomic E-state index is -0.486. The number of hydrogen-bond acceptors (Lipinski definition) is 7. The van der Waals surface area contributed by atoms with Gasteiger partial charge in [-0.05, 0) is 79.4 Å². The predicted octanol–water partition coefficient (Wildman–Crippen LogP) is 8.46. The molecule has 2 saturated heterocycles. The monoisotopic (exact) mass is 796 g/mol. The number of H-pyrrole nitrogens is 2. The fourth-order valence-electron chi connectivity index (χ4n) is 9.53. The van der Waals surface area contributed by atoms with Crippen LogP contribution < -0.4 is 5.32 Å². The number of methoxy groups -OCH3 is 1. The average molecular weight is 797 g/mol. The molecule has 0 radical (unpaired) electrons. The lowest BCUT2D eigenvalue weighted by Crippen LogP contribution is -2.49. The quantitative estimate of drug-likeness (QED) is 0.115. The van der Waals surface area contributed by atoms with E-state index in [1.54, 1.807) is 0 Å². The first-order chi connectivity index (χ1) is 28.9. The van der Waals surface area contributed by atoms with Crippen LogP contribution in [0.5, 0.6) is 0 Å². The summed E-state index contributed by atoms with van der Waals surface area (Å²) >= 11 is 0. The van der Waals surface area contributed by atoms with Crippen molar-refractivity contribution in [1.82, 2.24) is 40.0 Å². The summed E-state index contributed by atoms with van der Waals surface area (Å²) in [5, 5.41) is 2.91. The van der Waals surface area contributed by atoms with Crippen LogP contribution in [0.15, 0.2) is 91.3 Å². The molecule has 2 unspecified atom stereocenters. The highest BCUT2D eigenvalue weighted by Crippen LogP contribution is 2.38. The van der Waals surface area contributed by atoms with Gasteiger partial charge in [0.1, 0.15) is 17.7 Å². The molecule has 3 aliphatic rings. The fraction of sp³-hybridized carbons (Fsp3) is 0.426. The van der Waals surface area contributed by atoms with Crippen LogP contribution in [0.25, 0.3) is 33.6 Å². The average Bonchev–Trinajstić information content (AvgIpc) is 4.13. The Morgan fingerprint density at radius 2 is 1.24 bits per heavy atom. The van der Waals surface area contributed by atoms with E-state index in [4.69, 9.17) is 14.7 Å². The number of rotatable bonds is 12. The summed E-state index contributed by atoms with van der Waals surface area (Å²) in [6.07, 6.45) is 10.3. The van der Waals surface area contributed by atoms with Crippen LogP contribution in [-0.4, -0.2) is 91.9 Å². The molecule has 0 bridgehead atoms. The SMILES string of the molecule is CCN(CC)[C@@H](C(=O)N1CCC[C@H]1c1ncc(-c2ccc(-c3ccc(-c4cnc([C@@H]5CCCN5C(=O)C5CCCCC5NC(=O)OC)[nH]4)cc3)cc2)[nH]1)c1ccccc1. The first-order valence-electron chi connectivity index (χ1n) is 21.4. The maximum atomic E-state index is 14.2. The van der Waals surface area contributed by atoms with E-state index in [0.29, 0.717) is 6.54 Å². The number of carbonyl (C=O) groups excluding carboxylic acids is 3. The molecule has 1 aliphatic carbocycles. The smallest absolute Gasteiger partial charge is 0.407 e. The van der Waals surface area contributed by atoms with Crippen LogP contribution in [0.2, 0.25) is 0 Å². The first-order valence-corrected chi connectivity index (χ1v) is 21.4. The summed E-state index contributed by atoms with van der Waals surface area (Å²) in [6, 6.07) is 26.3. The highest BCUT2D eigenvalue weighted by atomic mass is 16.5. The van der Waals surface area contributed by atoms with Gasteiger partial charge in [0.15, 0.2) is 0 Å². The van der Waals surface area contributed by atoms with E-state index < -0.39 is 6.09 Å². The van der Waals surface area contributed by atoms with Gasteiger partial charge in [-0.2, -0.15) is 0 Å². The molecule has 2 aromatic heterocycles. The molecule has 2 aliphatic heterocycles. The number of likely N-dealkylation sites (N-methyl/N-ethyl adjacent to an activating group) is 1. The summed E-state index contributed by atoms with van der Waals surface area (Å²) in [5.74, 6) is 1.59. The number of aromatic amines is 2. The predicted molar refractivity (Wildman–Crippen MR) is 228 cm³/mol. The van der Waals surface area contributed by atoms with Crippen LogP contribution in [-0.2, 0) is 14.3 Å². The number of imidazole rings is 2. The number of benzene rings is 3. The molecule has 59 heavy (non-hydrogen) atoms. The molecule has 12 heteroatoms. The molecule has 12 nitrogen and oxygen atoms in total. The number of nitrogens with zero attached hydrogens (tertiary/aromatic N) is 5. The second-order valence-corrected chi connectivity index (χ2v) is 16.1. The van der Waals surface area contributed by atoms with Crippen molar-refractivity contribution in [3.63, 3.8) is 0 Å². The van der Waals surface area contributed by atoms with Crippen LogP contribution >= 0.6 is 0 Å². The number of likely N-dealkylation sites (tertiary alicyclic amines) is 2. The number of hydrogen-bond donors (Lipinski definition) is 3. The number of aromatic nitrogens is 4. The number of carbonyl (C=O) groups is 3. The normalized spacial score (nSPS) is 21.2. The first kappa shape index (κ1) is 40.0. The van der Waals surface area contributed by atoms with Crippen molar-refractivity contribution in [3.8, 4) is 33.6 Å². The molecule has 0 spiro atoms. The Kier molecular flexibility index (Phi) is 12.2. The van der Waals surface area contributed by atoms with E-state index in [2.05, 4.69) is 94.7 Å². The van der Waals surface area contributed by atoms with Crippen molar-refractivity contribution < 1.29 is 19.1 Å². The standard InChI is InChI=1S/C47H56N8O4/c1-4-53(5-2)42(35-13-7-6-8-14-35)46(57)55-28-12-18-41(55)44-49-30-39(51-44)34-25-21-32(22-26-34)31-19-23-33(24-20-31)38-29-48-43(50-38)40-17-11-27-54(40)45(56)36-15-9-10-16-37(36)52-47(58)59-3/h6-8,13-14,19-26,29-30,36-37,40-42H,4-5,9-12,15-18,27-28H2,1-3H3,(H,48,50)(H,49,51)(H,52,58)/t36?,37?,40-,41-,42+/m0/s1. The van der Waals surface area contributed by atoms with Gasteiger partial charge in [0.25, 0.3) is 0 Å². The molecular weight excluding hydrogens is 741 g/mol. The number of amides is 3. The molecule has 5 aromatic rings. The largest absolute Gasteiger partial charge is 0.453 e. The summed E-state index contributed by atoms with van der Waals surface area (Å²) in [6.45, 7) is 7.22. The number of ether oxygens (including phenoxy) is 1. The lowest BCUT2D eigenvalue weighted by Gasteiger charge is -2.35. The summed E-state index contributed by atoms with van der Waals surface area (Å²) in [7, 11) is 1.36. The van der Waals surface area contributed by atoms with Crippen molar-refractivity contribution in [1.29, 1.82) is 0 Å². The van der Waals surface area contributed by atoms with E-state index in [-0.39, 0.29) is 41.9 Å². The molecule has 1 saturated carbocycles. The Morgan fingerprint density at radius 3 is 1.80 bits per heavy atom. The van der Waals surface area contributed by atoms with E-state index in [1.165, 1.54) is 7.11 Å². The maximum absolute atomic E-state index is 14.2. The van der Waals surface area contributed by atoms with Crippen LogP contribution in [0.1, 0.15) is 101 Å². The molecule has 3 fully saturated rings. The number of alkyl carbamates (subject to hydrolysis) is 1. The van der Waals surface area contributed by atoms with Crippen molar-refractivity contribution in [3.05, 3.63) is 108 Å². The van der Waals surface area contributed by atoms with Crippen molar-refractivity contribution in [2.24, 2.45) is 5.92 Å². The van der Waals surface area contributed by atoms with Gasteiger partial charge in [-0.15, -0.1) is 0 Å². The van der Waals surface area contributed by atoms with Gasteiger partial charge in [0.2, 0.25) is 11.8 Å². The molecule has 3 N–H and O–H groups in total. The Bertz CT molecular complexity index is 2200. The molecular formula is C47H56N8O4. The molecule has 3 amide bonds. The minimum absolute atomic E-state index is 0.0884. The highest BCUT2D eigenvalue weighted by Gasteiger charge is 2.41. The summed E-state index contributed by atoms with van der Waals surface area (Å²) in [4.78, 5) is 63.0. The van der Waals surface area contributed by atoms with Gasteiger partial charge in [-0.3, -0.25) is 14.5 Å². The Labute approximate surface area is 346 Å². The van der Waals surface area contributed by atoms with E-state index in [9.17, 15) is 14.4 Å². The zero-order valence-electron chi connectivity index (χ0n) is 34.4. The highest BCUT2D eigenvalue weighted by molar-refractivity contribution is 5.84. The summed E-state index contributed by atoms with van der Waals surface area (Å²) in [5.41, 5.74) is 7.12. The summed E-state index contributed by atoms with van der Waals surface area (Å²) < 4.78 is 4.84. The second kappa shape index (κ2) is 18.0. The third-order valence-corrected chi connectivity index (χ3v) is 12.7. The van der Waals surface area contributed by atoms with Gasteiger partial charge in [0.05, 0.1) is 48.9 Å². The Balaban J connectivity index is 0.919. The van der Waals surface area contributed by atoms with Gasteiger partial charge < -0.3 is 29.8 Å². The topological polar surface area (TPSA) is 140 Å². The van der Waals surface area contributed by atoms with Crippen molar-refractivity contribution >= 4 is 17.9 Å². The van der Waals surface area contributed by atoms with Crippen molar-refractivity contribution in [2.45, 2.75) is 89.4 Å². The molecule has 5 atom stereocenters. The minimum Gasteiger partial charge on any atom is -0.453 e. The lowest BCUT2D eigenvalue weighted by atomic mass is 9.83. The molecule has 4 heterocycles. The third-order valence-electron chi connectivity index (χ3n) is 12.7. The zero-order chi connectivity index (χ0) is 40.9. The fourth-order valence-corrected chi connectivity index (χ4v) is 9.53. The third kappa shape index (κ3) is 8.41. The van der Waals surface area contributed by atoms with Gasteiger partial charge in [-0.1, -0.05) is 106 Å². The maximum Gasteiger partial charge on any atom is 0.407 e. The van der Waals surface area contributed by atoms with Gasteiger partial charge >= 0.3 is 6.09 Å². The van der Waals surface area contributed by atoms with Gasteiger partial charge in [0, 0.05) is 19.1 Å². The van der Waals surface area contributed by atoms with Gasteiger partial charge in [-0.25, -0.2) is 14.8 Å². The molecule has 308 valence electrons. The van der Waals surface area contributed by atoms with Crippen molar-refractivity contribution in [2.75, 3.05) is 33.3 Å². The van der Waals surface area contributed by atoms with Crippen LogP contribution in [0.3, 0.4) is 0 Å².